The molecule has 2 fully saturated rings. The van der Waals surface area contributed by atoms with Crippen LogP contribution in [0, 0.1) is 17.8 Å². The van der Waals surface area contributed by atoms with E-state index in [4.69, 9.17) is 25.0 Å². The molecule has 5 rings (SSSR count). The van der Waals surface area contributed by atoms with Crippen LogP contribution in [0.4, 0.5) is 0 Å². The zero-order chi connectivity index (χ0) is 17.8. The van der Waals surface area contributed by atoms with Crippen molar-refractivity contribution in [3.63, 3.8) is 0 Å². The van der Waals surface area contributed by atoms with E-state index in [0.717, 1.165) is 36.3 Å². The molecule has 1 saturated heterocycles. The molecule has 1 aromatic rings. The molecular weight excluding hydrogens is 330 g/mol. The highest BCUT2D eigenvalue weighted by Crippen LogP contribution is 2.51. The van der Waals surface area contributed by atoms with Crippen LogP contribution < -0.4 is 10.5 Å². The molecule has 2 N–H and O–H groups in total. The van der Waals surface area contributed by atoms with Gasteiger partial charge in [0, 0.05) is 31.6 Å². The molecule has 136 valence electrons. The molecule has 1 aromatic carbocycles. The number of hydrogen-bond donors (Lipinski definition) is 1. The molecule has 2 spiro atoms. The Labute approximate surface area is 153 Å². The fraction of sp³-hybridized carbons (Fsp3) is 0.550. The van der Waals surface area contributed by atoms with Gasteiger partial charge in [-0.1, -0.05) is 11.8 Å². The summed E-state index contributed by atoms with van der Waals surface area (Å²) in [6.07, 6.45) is 4.88. The normalized spacial score (nSPS) is 32.7. The summed E-state index contributed by atoms with van der Waals surface area (Å²) in [5.41, 5.74) is 6.61. The van der Waals surface area contributed by atoms with Crippen LogP contribution in [0.2, 0.25) is 0 Å². The Bertz CT molecular complexity index is 830. The van der Waals surface area contributed by atoms with E-state index in [9.17, 15) is 0 Å². The van der Waals surface area contributed by atoms with Crippen LogP contribution in [-0.4, -0.2) is 36.9 Å². The summed E-state index contributed by atoms with van der Waals surface area (Å²) in [6.45, 7) is 1.31. The van der Waals surface area contributed by atoms with E-state index in [2.05, 4.69) is 11.8 Å². The van der Waals surface area contributed by atoms with Crippen LogP contribution in [0.15, 0.2) is 23.2 Å². The summed E-state index contributed by atoms with van der Waals surface area (Å²) >= 11 is 0. The van der Waals surface area contributed by atoms with Crippen molar-refractivity contribution in [2.75, 3.05) is 20.3 Å². The van der Waals surface area contributed by atoms with E-state index in [1.54, 1.807) is 7.05 Å². The lowest BCUT2D eigenvalue weighted by molar-refractivity contribution is -0.216. The second-order valence-electron chi connectivity index (χ2n) is 7.72. The number of aliphatic imine (C=N–C) groups is 1. The fourth-order valence-corrected chi connectivity index (χ4v) is 3.99. The van der Waals surface area contributed by atoms with Crippen LogP contribution in [-0.2, 0) is 15.3 Å². The Morgan fingerprint density at radius 1 is 1.35 bits per heavy atom. The van der Waals surface area contributed by atoms with Crippen LogP contribution in [0.3, 0.4) is 0 Å². The maximum absolute atomic E-state index is 6.43. The number of nitrogens with two attached hydrogens (primary N) is 1. The van der Waals surface area contributed by atoms with Gasteiger partial charge in [-0.15, -0.1) is 0 Å². The quantitative estimate of drug-likeness (QED) is 0.724. The molecule has 26 heavy (non-hydrogen) atoms. The van der Waals surface area contributed by atoms with Gasteiger partial charge in [-0.05, 0) is 43.9 Å². The first-order valence-corrected chi connectivity index (χ1v) is 9.29. The maximum Gasteiger partial charge on any atom is 0.222 e. The number of nitrogens with zero attached hydrogens (tertiary/aromatic N) is 2. The number of benzene rings is 1. The average Bonchev–Trinajstić information content (AvgIpc) is 3.40. The number of guanidine groups is 1. The number of rotatable bonds is 0. The molecule has 0 radical (unpaired) electrons. The van der Waals surface area contributed by atoms with E-state index in [1.807, 2.05) is 18.2 Å². The van der Waals surface area contributed by atoms with E-state index >= 15 is 0 Å². The third kappa shape index (κ3) is 2.63. The van der Waals surface area contributed by atoms with Gasteiger partial charge in [0.25, 0.3) is 0 Å². The SMILES string of the molecule is CN1OC2(CC3(CCCOC3)Oc3ccc(C#CC4CC4)cc32)N=C1N. The van der Waals surface area contributed by atoms with E-state index < -0.39 is 11.3 Å². The monoisotopic (exact) mass is 353 g/mol. The molecule has 2 atom stereocenters. The lowest BCUT2D eigenvalue weighted by atomic mass is 9.81. The van der Waals surface area contributed by atoms with Gasteiger partial charge in [0.2, 0.25) is 11.7 Å². The number of fused-ring (bicyclic) bond motifs is 2. The third-order valence-corrected chi connectivity index (χ3v) is 5.48. The highest BCUT2D eigenvalue weighted by Gasteiger charge is 2.55. The topological polar surface area (TPSA) is 69.3 Å². The number of ether oxygens (including phenoxy) is 2. The van der Waals surface area contributed by atoms with Crippen molar-refractivity contribution in [1.29, 1.82) is 0 Å². The van der Waals surface area contributed by atoms with Crippen LogP contribution >= 0.6 is 0 Å². The molecule has 1 aliphatic carbocycles. The molecule has 6 heteroatoms. The Hall–Kier alpha value is -2.23. The first-order chi connectivity index (χ1) is 12.6. The van der Waals surface area contributed by atoms with Gasteiger partial charge in [-0.3, -0.25) is 0 Å². The summed E-state index contributed by atoms with van der Waals surface area (Å²) in [5, 5.41) is 1.54. The van der Waals surface area contributed by atoms with Crippen molar-refractivity contribution in [1.82, 2.24) is 5.06 Å². The minimum absolute atomic E-state index is 0.374. The molecule has 6 nitrogen and oxygen atoms in total. The van der Waals surface area contributed by atoms with Crippen LogP contribution in [0.25, 0.3) is 0 Å². The highest BCUT2D eigenvalue weighted by atomic mass is 16.7. The zero-order valence-electron chi connectivity index (χ0n) is 15.0. The Balaban J connectivity index is 1.59. The Morgan fingerprint density at radius 3 is 2.92 bits per heavy atom. The molecule has 0 amide bonds. The molecule has 3 heterocycles. The first kappa shape index (κ1) is 16.0. The summed E-state index contributed by atoms with van der Waals surface area (Å²) in [4.78, 5) is 10.9. The first-order valence-electron chi connectivity index (χ1n) is 9.29. The Morgan fingerprint density at radius 2 is 2.23 bits per heavy atom. The van der Waals surface area contributed by atoms with Gasteiger partial charge < -0.3 is 15.2 Å². The number of hydroxylamine groups is 2. The maximum atomic E-state index is 6.43. The van der Waals surface area contributed by atoms with E-state index in [-0.39, 0.29) is 0 Å². The largest absolute Gasteiger partial charge is 0.484 e. The molecule has 4 aliphatic rings. The van der Waals surface area contributed by atoms with Gasteiger partial charge in [0.1, 0.15) is 11.4 Å². The minimum atomic E-state index is -0.871. The average molecular weight is 353 g/mol. The molecule has 3 aliphatic heterocycles. The summed E-state index contributed by atoms with van der Waals surface area (Å²) < 4.78 is 12.2. The summed E-state index contributed by atoms with van der Waals surface area (Å²) in [7, 11) is 1.78. The lowest BCUT2D eigenvalue weighted by Crippen LogP contribution is -2.53. The molecule has 1 saturated carbocycles. The second-order valence-corrected chi connectivity index (χ2v) is 7.72. The van der Waals surface area contributed by atoms with Crippen molar-refractivity contribution in [3.05, 3.63) is 29.3 Å². The van der Waals surface area contributed by atoms with Crippen molar-refractivity contribution >= 4 is 5.96 Å². The summed E-state index contributed by atoms with van der Waals surface area (Å²) in [5.74, 6) is 8.30. The standard InChI is InChI=1S/C20H23N3O3/c1-23-18(21)22-20(26-23)12-19(9-2-10-24-13-19)25-17-8-7-15(11-16(17)20)6-5-14-3-4-14/h7-8,11,14H,2-4,9-10,12-13H2,1H3,(H2,21,22). The lowest BCUT2D eigenvalue weighted by Gasteiger charge is -2.46. The van der Waals surface area contributed by atoms with Crippen molar-refractivity contribution in [2.24, 2.45) is 16.6 Å². The molecule has 0 bridgehead atoms. The summed E-state index contributed by atoms with van der Waals surface area (Å²) in [6, 6.07) is 6.03. The Kier molecular flexibility index (Phi) is 3.46. The van der Waals surface area contributed by atoms with Gasteiger partial charge in [0.05, 0.1) is 12.2 Å². The fourth-order valence-electron chi connectivity index (χ4n) is 3.99. The van der Waals surface area contributed by atoms with Crippen molar-refractivity contribution < 1.29 is 14.3 Å². The smallest absolute Gasteiger partial charge is 0.222 e. The van der Waals surface area contributed by atoms with Gasteiger partial charge in [-0.25, -0.2) is 14.9 Å². The zero-order valence-corrected chi connectivity index (χ0v) is 15.0. The second kappa shape index (κ2) is 5.63. The minimum Gasteiger partial charge on any atom is -0.484 e. The van der Waals surface area contributed by atoms with Crippen molar-refractivity contribution in [2.45, 2.75) is 43.4 Å². The third-order valence-electron chi connectivity index (χ3n) is 5.48. The molecular formula is C20H23N3O3. The van der Waals surface area contributed by atoms with Crippen LogP contribution in [0.1, 0.15) is 43.2 Å². The highest BCUT2D eigenvalue weighted by molar-refractivity contribution is 5.79. The van der Waals surface area contributed by atoms with E-state index in [0.29, 0.717) is 24.9 Å². The number of hydrogen-bond acceptors (Lipinski definition) is 6. The molecule has 0 aromatic heterocycles. The van der Waals surface area contributed by atoms with Gasteiger partial charge in [0.15, 0.2) is 0 Å². The predicted octanol–water partition coefficient (Wildman–Crippen LogP) is 2.12. The van der Waals surface area contributed by atoms with Crippen LogP contribution in [0.5, 0.6) is 5.75 Å². The van der Waals surface area contributed by atoms with Gasteiger partial charge >= 0.3 is 0 Å². The van der Waals surface area contributed by atoms with E-state index in [1.165, 1.54) is 17.9 Å². The van der Waals surface area contributed by atoms with Crippen molar-refractivity contribution in [3.8, 4) is 17.6 Å². The predicted molar refractivity (Wildman–Crippen MR) is 96.2 cm³/mol. The molecule has 2 unspecified atom stereocenters. The van der Waals surface area contributed by atoms with Gasteiger partial charge in [-0.2, -0.15) is 0 Å².